The van der Waals surface area contributed by atoms with Gasteiger partial charge in [0.05, 0.1) is 10.0 Å². The van der Waals surface area contributed by atoms with Gasteiger partial charge in [-0.2, -0.15) is 0 Å². The van der Waals surface area contributed by atoms with Gasteiger partial charge in [-0.3, -0.25) is 0 Å². The van der Waals surface area contributed by atoms with Crippen molar-refractivity contribution in [3.05, 3.63) is 57.0 Å². The molecule has 0 bridgehead atoms. The molecule has 104 valence electrons. The summed E-state index contributed by atoms with van der Waals surface area (Å²) in [5.74, 6) is 0. The van der Waals surface area contributed by atoms with E-state index < -0.39 is 0 Å². The summed E-state index contributed by atoms with van der Waals surface area (Å²) in [6.07, 6.45) is 2.55. The molecule has 2 aromatic rings. The van der Waals surface area contributed by atoms with Gasteiger partial charge < -0.3 is 5.32 Å². The second kappa shape index (κ2) is 5.95. The monoisotopic (exact) mass is 325 g/mol. The van der Waals surface area contributed by atoms with Crippen LogP contribution in [0.1, 0.15) is 18.4 Å². The summed E-state index contributed by atoms with van der Waals surface area (Å²) in [4.78, 5) is 0. The summed E-state index contributed by atoms with van der Waals surface area (Å²) in [6, 6.07) is 12.4. The predicted molar refractivity (Wildman–Crippen MR) is 86.8 cm³/mol. The highest BCUT2D eigenvalue weighted by Crippen LogP contribution is 2.31. The van der Waals surface area contributed by atoms with Crippen LogP contribution in [-0.2, 0) is 6.54 Å². The SMILES string of the molecule is Clc1ccc(-c2ccc(CNC3CC3)c(Cl)c2)cc1Cl. The first-order valence-electron chi connectivity index (χ1n) is 6.61. The standard InChI is InChI=1S/C16H14Cl3N/c17-14-6-3-11(8-16(14)19)10-1-2-12(15(18)7-10)9-20-13-4-5-13/h1-3,6-8,13,20H,4-5,9H2. The predicted octanol–water partition coefficient (Wildman–Crippen LogP) is 5.57. The van der Waals surface area contributed by atoms with Crippen molar-refractivity contribution < 1.29 is 0 Å². The highest BCUT2D eigenvalue weighted by Gasteiger charge is 2.20. The van der Waals surface area contributed by atoms with Crippen LogP contribution < -0.4 is 5.32 Å². The molecular formula is C16H14Cl3N. The van der Waals surface area contributed by atoms with E-state index in [2.05, 4.69) is 17.4 Å². The minimum absolute atomic E-state index is 0.555. The smallest absolute Gasteiger partial charge is 0.0598 e. The van der Waals surface area contributed by atoms with Crippen LogP contribution in [0.4, 0.5) is 0 Å². The van der Waals surface area contributed by atoms with E-state index in [0.717, 1.165) is 28.3 Å². The Morgan fingerprint density at radius 2 is 1.50 bits per heavy atom. The van der Waals surface area contributed by atoms with Gasteiger partial charge in [0.25, 0.3) is 0 Å². The minimum atomic E-state index is 0.555. The van der Waals surface area contributed by atoms with Gasteiger partial charge >= 0.3 is 0 Å². The van der Waals surface area contributed by atoms with Gasteiger partial charge in [0.15, 0.2) is 0 Å². The molecule has 1 N–H and O–H groups in total. The van der Waals surface area contributed by atoms with E-state index in [1.54, 1.807) is 6.07 Å². The highest BCUT2D eigenvalue weighted by molar-refractivity contribution is 6.42. The van der Waals surface area contributed by atoms with Gasteiger partial charge in [-0.05, 0) is 47.7 Å². The fourth-order valence-electron chi connectivity index (χ4n) is 2.09. The molecule has 0 aromatic heterocycles. The Kier molecular flexibility index (Phi) is 4.23. The molecule has 0 aliphatic heterocycles. The number of hydrogen-bond acceptors (Lipinski definition) is 1. The van der Waals surface area contributed by atoms with Crippen LogP contribution in [0, 0.1) is 0 Å². The Hall–Kier alpha value is -0.730. The Bertz CT molecular complexity index is 636. The molecule has 0 amide bonds. The Labute approximate surface area is 133 Å². The number of nitrogens with one attached hydrogen (secondary N) is 1. The van der Waals surface area contributed by atoms with Crippen molar-refractivity contribution in [1.29, 1.82) is 0 Å². The van der Waals surface area contributed by atoms with Crippen LogP contribution in [0.2, 0.25) is 15.1 Å². The second-order valence-corrected chi connectivity index (χ2v) is 6.31. The molecule has 0 atom stereocenters. The fraction of sp³-hybridized carbons (Fsp3) is 0.250. The van der Waals surface area contributed by atoms with Gasteiger partial charge in [-0.15, -0.1) is 0 Å². The highest BCUT2D eigenvalue weighted by atomic mass is 35.5. The number of benzene rings is 2. The third-order valence-corrected chi connectivity index (χ3v) is 4.56. The normalized spacial score (nSPS) is 14.6. The Balaban J connectivity index is 1.82. The third kappa shape index (κ3) is 3.29. The molecule has 0 heterocycles. The first kappa shape index (κ1) is 14.2. The lowest BCUT2D eigenvalue weighted by molar-refractivity contribution is 0.688. The van der Waals surface area contributed by atoms with Crippen molar-refractivity contribution in [2.24, 2.45) is 0 Å². The van der Waals surface area contributed by atoms with E-state index >= 15 is 0 Å². The van der Waals surface area contributed by atoms with Crippen molar-refractivity contribution in [1.82, 2.24) is 5.32 Å². The average molecular weight is 327 g/mol. The molecule has 20 heavy (non-hydrogen) atoms. The van der Waals surface area contributed by atoms with E-state index in [1.807, 2.05) is 18.2 Å². The van der Waals surface area contributed by atoms with Gasteiger partial charge in [-0.25, -0.2) is 0 Å². The molecule has 4 heteroatoms. The van der Waals surface area contributed by atoms with E-state index in [4.69, 9.17) is 34.8 Å². The molecular weight excluding hydrogens is 313 g/mol. The van der Waals surface area contributed by atoms with E-state index in [0.29, 0.717) is 16.1 Å². The van der Waals surface area contributed by atoms with Crippen molar-refractivity contribution in [2.75, 3.05) is 0 Å². The van der Waals surface area contributed by atoms with Crippen molar-refractivity contribution in [3.63, 3.8) is 0 Å². The van der Waals surface area contributed by atoms with Crippen LogP contribution in [0.25, 0.3) is 11.1 Å². The van der Waals surface area contributed by atoms with Crippen LogP contribution in [0.5, 0.6) is 0 Å². The van der Waals surface area contributed by atoms with Gasteiger partial charge in [0, 0.05) is 17.6 Å². The van der Waals surface area contributed by atoms with Crippen LogP contribution >= 0.6 is 34.8 Å². The quantitative estimate of drug-likeness (QED) is 0.775. The fourth-order valence-corrected chi connectivity index (χ4v) is 2.63. The summed E-state index contributed by atoms with van der Waals surface area (Å²) in [5.41, 5.74) is 3.19. The summed E-state index contributed by atoms with van der Waals surface area (Å²) in [5, 5.41) is 5.36. The summed E-state index contributed by atoms with van der Waals surface area (Å²) in [7, 11) is 0. The van der Waals surface area contributed by atoms with E-state index in [1.165, 1.54) is 12.8 Å². The van der Waals surface area contributed by atoms with E-state index in [9.17, 15) is 0 Å². The molecule has 1 aliphatic rings. The summed E-state index contributed by atoms with van der Waals surface area (Å²) in [6.45, 7) is 0.825. The zero-order valence-corrected chi connectivity index (χ0v) is 13.1. The molecule has 0 radical (unpaired) electrons. The number of hydrogen-bond donors (Lipinski definition) is 1. The minimum Gasteiger partial charge on any atom is -0.310 e. The summed E-state index contributed by atoms with van der Waals surface area (Å²) < 4.78 is 0. The maximum atomic E-state index is 6.36. The Morgan fingerprint density at radius 3 is 2.10 bits per heavy atom. The molecule has 2 aromatic carbocycles. The first-order valence-corrected chi connectivity index (χ1v) is 7.74. The molecule has 1 nitrogen and oxygen atoms in total. The van der Waals surface area contributed by atoms with Crippen molar-refractivity contribution >= 4 is 34.8 Å². The number of halogens is 3. The average Bonchev–Trinajstić information content (AvgIpc) is 3.24. The molecule has 3 rings (SSSR count). The lowest BCUT2D eigenvalue weighted by atomic mass is 10.0. The maximum absolute atomic E-state index is 6.36. The number of rotatable bonds is 4. The van der Waals surface area contributed by atoms with Gasteiger partial charge in [-0.1, -0.05) is 53.0 Å². The second-order valence-electron chi connectivity index (χ2n) is 5.09. The van der Waals surface area contributed by atoms with Gasteiger partial charge in [0.1, 0.15) is 0 Å². The van der Waals surface area contributed by atoms with Crippen LogP contribution in [-0.4, -0.2) is 6.04 Å². The van der Waals surface area contributed by atoms with E-state index in [-0.39, 0.29) is 0 Å². The zero-order valence-electron chi connectivity index (χ0n) is 10.8. The molecule has 1 saturated carbocycles. The van der Waals surface area contributed by atoms with Crippen molar-refractivity contribution in [2.45, 2.75) is 25.4 Å². The first-order chi connectivity index (χ1) is 9.63. The molecule has 1 fully saturated rings. The van der Waals surface area contributed by atoms with Gasteiger partial charge in [0.2, 0.25) is 0 Å². The molecule has 0 unspecified atom stereocenters. The molecule has 0 saturated heterocycles. The lowest BCUT2D eigenvalue weighted by Crippen LogP contribution is -2.15. The topological polar surface area (TPSA) is 12.0 Å². The summed E-state index contributed by atoms with van der Waals surface area (Å²) >= 11 is 18.3. The largest absolute Gasteiger partial charge is 0.310 e. The lowest BCUT2D eigenvalue weighted by Gasteiger charge is -2.09. The van der Waals surface area contributed by atoms with Crippen LogP contribution in [0.15, 0.2) is 36.4 Å². The van der Waals surface area contributed by atoms with Crippen LogP contribution in [0.3, 0.4) is 0 Å². The third-order valence-electron chi connectivity index (χ3n) is 3.46. The Morgan fingerprint density at radius 1 is 0.850 bits per heavy atom. The van der Waals surface area contributed by atoms with Crippen molar-refractivity contribution in [3.8, 4) is 11.1 Å². The molecule has 0 spiro atoms. The molecule has 1 aliphatic carbocycles. The maximum Gasteiger partial charge on any atom is 0.0598 e. The zero-order chi connectivity index (χ0) is 14.1.